The van der Waals surface area contributed by atoms with Gasteiger partial charge in [0.1, 0.15) is 5.75 Å². The van der Waals surface area contributed by atoms with E-state index >= 15 is 0 Å². The molecule has 7 nitrogen and oxygen atoms in total. The van der Waals surface area contributed by atoms with Gasteiger partial charge < -0.3 is 10.1 Å². The first-order chi connectivity index (χ1) is 13.5. The lowest BCUT2D eigenvalue weighted by molar-refractivity contribution is -0.384. The number of nitrogens with zero attached hydrogens (tertiary/aromatic N) is 2. The van der Waals surface area contributed by atoms with Gasteiger partial charge in [-0.2, -0.15) is 5.10 Å². The monoisotopic (exact) mass is 420 g/mol. The summed E-state index contributed by atoms with van der Waals surface area (Å²) in [7, 11) is 0. The van der Waals surface area contributed by atoms with Gasteiger partial charge in [0.05, 0.1) is 22.8 Å². The van der Waals surface area contributed by atoms with Crippen LogP contribution in [-0.2, 0) is 6.54 Å². The Morgan fingerprint density at radius 2 is 2.07 bits per heavy atom. The van der Waals surface area contributed by atoms with Crippen molar-refractivity contribution in [2.45, 2.75) is 26.3 Å². The molecular weight excluding hydrogens is 400 g/mol. The van der Waals surface area contributed by atoms with E-state index in [1.807, 2.05) is 18.2 Å². The first-order valence-corrected chi connectivity index (χ1v) is 9.50. The van der Waals surface area contributed by atoms with Crippen molar-refractivity contribution in [3.8, 4) is 5.75 Å². The zero-order chi connectivity index (χ0) is 20.4. The Kier molecular flexibility index (Phi) is 8.64. The van der Waals surface area contributed by atoms with Crippen LogP contribution in [0.5, 0.6) is 5.75 Å². The van der Waals surface area contributed by atoms with Crippen LogP contribution in [0.2, 0.25) is 5.02 Å². The second-order valence-electron chi connectivity index (χ2n) is 5.87. The summed E-state index contributed by atoms with van der Waals surface area (Å²) in [6.07, 6.45) is 3.58. The van der Waals surface area contributed by atoms with Crippen LogP contribution >= 0.6 is 23.8 Å². The zero-order valence-corrected chi connectivity index (χ0v) is 16.9. The summed E-state index contributed by atoms with van der Waals surface area (Å²) in [5.74, 6) is 0.673. The number of benzene rings is 2. The number of unbranched alkanes of at least 4 members (excludes halogenated alkanes) is 1. The minimum atomic E-state index is -0.450. The Hall–Kier alpha value is -2.71. The van der Waals surface area contributed by atoms with Gasteiger partial charge >= 0.3 is 0 Å². The summed E-state index contributed by atoms with van der Waals surface area (Å²) in [5, 5.41) is 18.6. The lowest BCUT2D eigenvalue weighted by Gasteiger charge is -2.10. The van der Waals surface area contributed by atoms with Gasteiger partial charge in [0.15, 0.2) is 5.11 Å². The number of hydrazone groups is 1. The van der Waals surface area contributed by atoms with Crippen LogP contribution in [0.3, 0.4) is 0 Å². The zero-order valence-electron chi connectivity index (χ0n) is 15.4. The van der Waals surface area contributed by atoms with Crippen LogP contribution in [-0.4, -0.2) is 22.9 Å². The van der Waals surface area contributed by atoms with Crippen LogP contribution in [0, 0.1) is 10.1 Å². The topological polar surface area (TPSA) is 88.8 Å². The molecule has 2 aromatic carbocycles. The molecule has 0 heterocycles. The first-order valence-electron chi connectivity index (χ1n) is 8.72. The number of ether oxygens (including phenoxy) is 1. The fourth-order valence-corrected chi connectivity index (χ4v) is 2.55. The molecule has 0 saturated heterocycles. The molecule has 0 bridgehead atoms. The maximum atomic E-state index is 10.6. The van der Waals surface area contributed by atoms with E-state index in [1.54, 1.807) is 12.1 Å². The van der Waals surface area contributed by atoms with Crippen molar-refractivity contribution in [1.29, 1.82) is 0 Å². The van der Waals surface area contributed by atoms with E-state index in [-0.39, 0.29) is 5.69 Å². The Balaban J connectivity index is 1.78. The van der Waals surface area contributed by atoms with E-state index in [0.29, 0.717) is 34.6 Å². The van der Waals surface area contributed by atoms with Crippen LogP contribution in [0.15, 0.2) is 47.6 Å². The van der Waals surface area contributed by atoms with Crippen molar-refractivity contribution in [1.82, 2.24) is 10.7 Å². The molecule has 0 amide bonds. The Morgan fingerprint density at radius 3 is 2.71 bits per heavy atom. The van der Waals surface area contributed by atoms with Crippen molar-refractivity contribution < 1.29 is 9.66 Å². The van der Waals surface area contributed by atoms with Gasteiger partial charge in [-0.25, -0.2) is 0 Å². The molecule has 148 valence electrons. The number of hydrogen-bond donors (Lipinski definition) is 2. The lowest BCUT2D eigenvalue weighted by Crippen LogP contribution is -2.31. The van der Waals surface area contributed by atoms with Crippen LogP contribution in [0.4, 0.5) is 5.69 Å². The summed E-state index contributed by atoms with van der Waals surface area (Å²) < 4.78 is 5.63. The highest BCUT2D eigenvalue weighted by Gasteiger charge is 2.04. The van der Waals surface area contributed by atoms with Crippen molar-refractivity contribution in [2.24, 2.45) is 5.10 Å². The van der Waals surface area contributed by atoms with Crippen molar-refractivity contribution in [3.63, 3.8) is 0 Å². The minimum Gasteiger partial charge on any atom is -0.492 e. The molecule has 2 N–H and O–H groups in total. The second-order valence-corrected chi connectivity index (χ2v) is 6.68. The molecule has 0 saturated carbocycles. The normalized spacial score (nSPS) is 10.6. The molecule has 0 aliphatic heterocycles. The molecule has 0 aromatic heterocycles. The molecule has 2 rings (SSSR count). The number of rotatable bonds is 9. The summed E-state index contributed by atoms with van der Waals surface area (Å²) >= 11 is 11.4. The highest BCUT2D eigenvalue weighted by Crippen LogP contribution is 2.25. The van der Waals surface area contributed by atoms with Gasteiger partial charge in [0.25, 0.3) is 5.69 Å². The van der Waals surface area contributed by atoms with Gasteiger partial charge in [0.2, 0.25) is 0 Å². The van der Waals surface area contributed by atoms with Gasteiger partial charge in [-0.3, -0.25) is 15.5 Å². The number of hydrogen-bond acceptors (Lipinski definition) is 5. The van der Waals surface area contributed by atoms with Gasteiger partial charge in [-0.1, -0.05) is 31.0 Å². The molecule has 9 heteroatoms. The first kappa shape index (κ1) is 21.6. The van der Waals surface area contributed by atoms with E-state index in [1.165, 1.54) is 18.3 Å². The van der Waals surface area contributed by atoms with E-state index in [0.717, 1.165) is 18.4 Å². The lowest BCUT2D eigenvalue weighted by atomic mass is 10.2. The Morgan fingerprint density at radius 1 is 1.32 bits per heavy atom. The van der Waals surface area contributed by atoms with Gasteiger partial charge in [-0.15, -0.1) is 0 Å². The van der Waals surface area contributed by atoms with Crippen LogP contribution < -0.4 is 15.5 Å². The predicted octanol–water partition coefficient (Wildman–Crippen LogP) is 4.43. The molecule has 0 fully saturated rings. The molecule has 0 radical (unpaired) electrons. The molecule has 28 heavy (non-hydrogen) atoms. The third-order valence-corrected chi connectivity index (χ3v) is 4.22. The van der Waals surface area contributed by atoms with E-state index in [9.17, 15) is 10.1 Å². The number of halogens is 1. The Bertz CT molecular complexity index is 844. The van der Waals surface area contributed by atoms with Crippen molar-refractivity contribution in [2.75, 3.05) is 6.61 Å². The number of non-ortho nitro benzene ring substituents is 1. The highest BCUT2D eigenvalue weighted by atomic mass is 35.5. The molecular formula is C19H21ClN4O3S. The summed E-state index contributed by atoms with van der Waals surface area (Å²) in [5.41, 5.74) is 4.40. The maximum Gasteiger partial charge on any atom is 0.269 e. The second kappa shape index (κ2) is 11.2. The molecule has 0 aliphatic carbocycles. The Labute approximate surface area is 173 Å². The third-order valence-electron chi connectivity index (χ3n) is 3.69. The fraction of sp³-hybridized carbons (Fsp3) is 0.263. The molecule has 0 aliphatic rings. The quantitative estimate of drug-likeness (QED) is 0.205. The summed E-state index contributed by atoms with van der Waals surface area (Å²) in [6.45, 7) is 3.23. The van der Waals surface area contributed by atoms with Crippen LogP contribution in [0.25, 0.3) is 0 Å². The smallest absolute Gasteiger partial charge is 0.269 e. The predicted molar refractivity (Wildman–Crippen MR) is 115 cm³/mol. The minimum absolute atomic E-state index is 0.0303. The SMILES string of the molecule is CCCCOc1ccc(CNC(=S)N/N=C/c2ccc([N+](=O)[O-])cc2)cc1Cl. The number of nitro benzene ring substituents is 1. The average Bonchev–Trinajstić information content (AvgIpc) is 2.68. The van der Waals surface area contributed by atoms with Crippen LogP contribution in [0.1, 0.15) is 30.9 Å². The average molecular weight is 421 g/mol. The van der Waals surface area contributed by atoms with E-state index < -0.39 is 4.92 Å². The molecule has 0 spiro atoms. The largest absolute Gasteiger partial charge is 0.492 e. The van der Waals surface area contributed by atoms with Gasteiger partial charge in [0, 0.05) is 18.7 Å². The third kappa shape index (κ3) is 7.13. The molecule has 2 aromatic rings. The number of nitro groups is 1. The summed E-state index contributed by atoms with van der Waals surface area (Å²) in [6, 6.07) is 11.6. The highest BCUT2D eigenvalue weighted by molar-refractivity contribution is 7.80. The van der Waals surface area contributed by atoms with Crippen molar-refractivity contribution >= 4 is 40.8 Å². The maximum absolute atomic E-state index is 10.6. The van der Waals surface area contributed by atoms with Crippen molar-refractivity contribution in [3.05, 3.63) is 68.7 Å². The molecule has 0 unspecified atom stereocenters. The number of thiocarbonyl (C=S) groups is 1. The molecule has 0 atom stereocenters. The standard InChI is InChI=1S/C19H21ClN4O3S/c1-2-3-10-27-18-9-6-15(11-17(18)20)12-21-19(28)23-22-13-14-4-7-16(8-5-14)24(25)26/h4-9,11,13H,2-3,10,12H2,1H3,(H2,21,23,28)/b22-13+. The van der Waals surface area contributed by atoms with E-state index in [2.05, 4.69) is 22.8 Å². The van der Waals surface area contributed by atoms with Gasteiger partial charge in [-0.05, 0) is 54.0 Å². The fourth-order valence-electron chi connectivity index (χ4n) is 2.17. The van der Waals surface area contributed by atoms with E-state index in [4.69, 9.17) is 28.6 Å². The number of nitrogens with one attached hydrogen (secondary N) is 2. The summed E-state index contributed by atoms with van der Waals surface area (Å²) in [4.78, 5) is 10.2.